The smallest absolute Gasteiger partial charge is 0.287 e. The van der Waals surface area contributed by atoms with E-state index in [4.69, 9.17) is 16.3 Å². The summed E-state index contributed by atoms with van der Waals surface area (Å²) >= 11 is 6.78. The third-order valence-corrected chi connectivity index (χ3v) is 8.56. The van der Waals surface area contributed by atoms with Gasteiger partial charge in [0, 0.05) is 31.7 Å². The quantitative estimate of drug-likeness (QED) is 0.513. The number of anilines is 1. The van der Waals surface area contributed by atoms with Crippen LogP contribution in [0.1, 0.15) is 24.2 Å². The van der Waals surface area contributed by atoms with Crippen LogP contribution in [-0.4, -0.2) is 102 Å². The molecule has 40 heavy (non-hydrogen) atoms. The fraction of sp³-hybridized carbons (Fsp3) is 0.464. The predicted octanol–water partition coefficient (Wildman–Crippen LogP) is 3.94. The highest BCUT2D eigenvalue weighted by Gasteiger charge is 2.64. The Hall–Kier alpha value is -3.31. The highest BCUT2D eigenvalue weighted by atomic mass is 35.5. The molecule has 0 spiro atoms. The Morgan fingerprint density at radius 1 is 1.23 bits per heavy atom. The van der Waals surface area contributed by atoms with E-state index in [1.165, 1.54) is 47.9 Å². The Bertz CT molecular complexity index is 1390. The number of halogens is 4. The fourth-order valence-electron chi connectivity index (χ4n) is 5.75. The number of benzene rings is 1. The molecule has 12 heteroatoms. The van der Waals surface area contributed by atoms with E-state index in [-0.39, 0.29) is 72.1 Å². The first kappa shape index (κ1) is 28.2. The largest absolute Gasteiger partial charge is 0.489 e. The third-order valence-electron chi connectivity index (χ3n) is 8.21. The summed E-state index contributed by atoms with van der Waals surface area (Å²) < 4.78 is 52.7. The van der Waals surface area contributed by atoms with Crippen LogP contribution in [0.3, 0.4) is 0 Å². The minimum absolute atomic E-state index is 0.0145. The summed E-state index contributed by atoms with van der Waals surface area (Å²) in [6, 6.07) is 4.13. The minimum Gasteiger partial charge on any atom is -0.489 e. The number of hydrogen-bond acceptors (Lipinski definition) is 6. The molecule has 214 valence electrons. The van der Waals surface area contributed by atoms with Gasteiger partial charge in [0.15, 0.2) is 5.75 Å². The molecule has 3 aliphatic heterocycles. The van der Waals surface area contributed by atoms with Crippen LogP contribution >= 0.6 is 11.6 Å². The Morgan fingerprint density at radius 2 is 1.93 bits per heavy atom. The first-order chi connectivity index (χ1) is 18.8. The summed E-state index contributed by atoms with van der Waals surface area (Å²) in [4.78, 5) is 37.1. The molecule has 2 fully saturated rings. The number of fused-ring (bicyclic) bond motifs is 2. The second-order valence-electron chi connectivity index (χ2n) is 11.0. The third kappa shape index (κ3) is 4.21. The van der Waals surface area contributed by atoms with Crippen LogP contribution in [0.5, 0.6) is 5.75 Å². The Labute approximate surface area is 235 Å². The number of alkyl halides is 2. The van der Waals surface area contributed by atoms with Crippen molar-refractivity contribution in [3.63, 3.8) is 0 Å². The summed E-state index contributed by atoms with van der Waals surface area (Å²) in [6.07, 6.45) is 1.21. The molecule has 0 aliphatic carbocycles. The van der Waals surface area contributed by atoms with Crippen molar-refractivity contribution in [1.29, 1.82) is 0 Å². The van der Waals surface area contributed by atoms with Gasteiger partial charge in [-0.15, -0.1) is 0 Å². The zero-order chi connectivity index (χ0) is 29.1. The van der Waals surface area contributed by atoms with Gasteiger partial charge in [0.1, 0.15) is 34.4 Å². The van der Waals surface area contributed by atoms with Crippen LogP contribution in [0.2, 0.25) is 5.02 Å². The molecule has 0 N–H and O–H groups in total. The lowest BCUT2D eigenvalue weighted by Gasteiger charge is -2.40. The van der Waals surface area contributed by atoms with Crippen molar-refractivity contribution in [1.82, 2.24) is 19.7 Å². The van der Waals surface area contributed by atoms with E-state index in [0.29, 0.717) is 0 Å². The topological polar surface area (TPSA) is 69.2 Å². The molecule has 1 aromatic heterocycles. The number of amides is 2. The maximum Gasteiger partial charge on any atom is 0.287 e. The SMILES string of the molecule is C=CC(=O)N1CCN2C(=O)c3c(N4C[C@H](N(C)C)C(F)(F)C4(C)C)nc(-c4ccccc4F)c(Cl)c3OC[C@H]2C1. The molecule has 1 aromatic carbocycles. The molecule has 8 nitrogen and oxygen atoms in total. The normalized spacial score (nSPS) is 23.4. The van der Waals surface area contributed by atoms with E-state index < -0.39 is 35.3 Å². The molecule has 2 saturated heterocycles. The molecule has 0 unspecified atom stereocenters. The van der Waals surface area contributed by atoms with E-state index >= 15 is 8.78 Å². The van der Waals surface area contributed by atoms with Gasteiger partial charge in [0.05, 0.1) is 17.8 Å². The summed E-state index contributed by atoms with van der Waals surface area (Å²) in [6.45, 7) is 6.81. The lowest BCUT2D eigenvalue weighted by molar-refractivity contribution is -0.128. The summed E-state index contributed by atoms with van der Waals surface area (Å²) in [5.74, 6) is -4.68. The van der Waals surface area contributed by atoms with E-state index in [1.807, 2.05) is 0 Å². The van der Waals surface area contributed by atoms with Crippen LogP contribution in [0, 0.1) is 5.82 Å². The number of aromatic nitrogens is 1. The molecule has 0 bridgehead atoms. The fourth-order valence-corrected chi connectivity index (χ4v) is 6.04. The second kappa shape index (κ2) is 9.95. The van der Waals surface area contributed by atoms with Gasteiger partial charge in [-0.3, -0.25) is 14.5 Å². The maximum atomic E-state index is 15.8. The molecule has 0 radical (unpaired) electrons. The number of likely N-dealkylation sites (N-methyl/N-ethyl adjacent to an activating group) is 1. The lowest BCUT2D eigenvalue weighted by atomic mass is 9.94. The average molecular weight is 578 g/mol. The van der Waals surface area contributed by atoms with Crippen molar-refractivity contribution in [2.75, 3.05) is 51.8 Å². The van der Waals surface area contributed by atoms with Crippen molar-refractivity contribution in [3.8, 4) is 17.0 Å². The monoisotopic (exact) mass is 577 g/mol. The standard InChI is InChI=1S/C28H31ClF3N5O3/c1-6-20(38)35-11-12-36-16(13-35)15-40-24-21(26(36)39)25(33-23(22(24)29)17-9-7-8-10-18(17)30)37-14-19(34(4)5)28(31,32)27(37,2)3/h6-10,16,19H,1,11-15H2,2-5H3/t16-,19+/m1/s1. The van der Waals surface area contributed by atoms with Crippen LogP contribution < -0.4 is 9.64 Å². The van der Waals surface area contributed by atoms with Gasteiger partial charge in [0.25, 0.3) is 11.8 Å². The van der Waals surface area contributed by atoms with Crippen LogP contribution in [0.25, 0.3) is 11.3 Å². The number of pyridine rings is 1. The molecule has 4 heterocycles. The molecule has 0 saturated carbocycles. The summed E-state index contributed by atoms with van der Waals surface area (Å²) in [7, 11) is 3.14. The van der Waals surface area contributed by atoms with Crippen molar-refractivity contribution in [2.45, 2.75) is 37.4 Å². The number of carbonyl (C=O) groups excluding carboxylic acids is 2. The van der Waals surface area contributed by atoms with E-state index in [0.717, 1.165) is 0 Å². The van der Waals surface area contributed by atoms with Crippen molar-refractivity contribution in [2.24, 2.45) is 0 Å². The van der Waals surface area contributed by atoms with Gasteiger partial charge in [-0.2, -0.15) is 0 Å². The highest BCUT2D eigenvalue weighted by Crippen LogP contribution is 2.50. The number of hydrogen-bond donors (Lipinski definition) is 0. The van der Waals surface area contributed by atoms with Gasteiger partial charge >= 0.3 is 0 Å². The lowest BCUT2D eigenvalue weighted by Crippen LogP contribution is -2.57. The zero-order valence-corrected chi connectivity index (χ0v) is 23.5. The van der Waals surface area contributed by atoms with E-state index in [2.05, 4.69) is 11.6 Å². The second-order valence-corrected chi connectivity index (χ2v) is 11.4. The van der Waals surface area contributed by atoms with Crippen molar-refractivity contribution >= 4 is 29.2 Å². The summed E-state index contributed by atoms with van der Waals surface area (Å²) in [5, 5.41) is -0.0935. The predicted molar refractivity (Wildman–Crippen MR) is 146 cm³/mol. The zero-order valence-electron chi connectivity index (χ0n) is 22.8. The first-order valence-corrected chi connectivity index (χ1v) is 13.3. The highest BCUT2D eigenvalue weighted by molar-refractivity contribution is 6.35. The van der Waals surface area contributed by atoms with Crippen LogP contribution in [-0.2, 0) is 4.79 Å². The van der Waals surface area contributed by atoms with Gasteiger partial charge < -0.3 is 19.4 Å². The van der Waals surface area contributed by atoms with Gasteiger partial charge in [-0.25, -0.2) is 18.2 Å². The maximum absolute atomic E-state index is 15.8. The molecule has 2 amide bonds. The van der Waals surface area contributed by atoms with Crippen LogP contribution in [0.4, 0.5) is 19.0 Å². The molecular weight excluding hydrogens is 547 g/mol. The molecule has 2 atom stereocenters. The number of rotatable bonds is 4. The molecule has 3 aliphatic rings. The Balaban J connectivity index is 1.71. The number of nitrogens with zero attached hydrogens (tertiary/aromatic N) is 5. The Kier molecular flexibility index (Phi) is 7.02. The van der Waals surface area contributed by atoms with Gasteiger partial charge in [0.2, 0.25) is 5.91 Å². The molecule has 2 aromatic rings. The van der Waals surface area contributed by atoms with Crippen molar-refractivity contribution < 1.29 is 27.5 Å². The van der Waals surface area contributed by atoms with Crippen molar-refractivity contribution in [3.05, 3.63) is 53.3 Å². The van der Waals surface area contributed by atoms with Gasteiger partial charge in [-0.05, 0) is 46.2 Å². The molecule has 5 rings (SSSR count). The average Bonchev–Trinajstić information content (AvgIpc) is 3.01. The first-order valence-electron chi connectivity index (χ1n) is 13.0. The minimum atomic E-state index is -3.20. The molecular formula is C28H31ClF3N5O3. The van der Waals surface area contributed by atoms with E-state index in [1.54, 1.807) is 30.0 Å². The Morgan fingerprint density at radius 3 is 2.55 bits per heavy atom. The van der Waals surface area contributed by atoms with E-state index in [9.17, 15) is 14.0 Å². The summed E-state index contributed by atoms with van der Waals surface area (Å²) in [5.41, 5.74) is -1.80. The number of ether oxygens (including phenoxy) is 1. The van der Waals surface area contributed by atoms with Gasteiger partial charge in [-0.1, -0.05) is 30.3 Å². The van der Waals surface area contributed by atoms with Crippen LogP contribution in [0.15, 0.2) is 36.9 Å². The number of carbonyl (C=O) groups is 2. The number of piperazine rings is 1.